The normalized spacial score (nSPS) is 27.8. The van der Waals surface area contributed by atoms with Crippen molar-refractivity contribution in [3.63, 3.8) is 0 Å². The van der Waals surface area contributed by atoms with Crippen molar-refractivity contribution in [2.45, 2.75) is 56.3 Å². The van der Waals surface area contributed by atoms with E-state index in [2.05, 4.69) is 15.5 Å². The summed E-state index contributed by atoms with van der Waals surface area (Å²) in [5.41, 5.74) is 0.262. The molecule has 1 aromatic carbocycles. The largest absolute Gasteiger partial charge is 0.383 e. The molecule has 3 fully saturated rings. The smallest absolute Gasteiger partial charge is 0.251 e. The lowest BCUT2D eigenvalue weighted by atomic mass is 10.0. The number of hydrogen-bond acceptors (Lipinski definition) is 5. The SMILES string of the molecule is COC[C@H]1CCCN1C(=O)CC[C@@H]1CNC(=O)[C@@H]2C[C@H](NC(=O)c3cccc(F)c3)CN12. The van der Waals surface area contributed by atoms with Crippen LogP contribution in [0.15, 0.2) is 24.3 Å². The summed E-state index contributed by atoms with van der Waals surface area (Å²) in [5.74, 6) is -0.723. The molecule has 174 valence electrons. The van der Waals surface area contributed by atoms with Gasteiger partial charge in [-0.1, -0.05) is 6.07 Å². The molecule has 3 aliphatic heterocycles. The number of likely N-dealkylation sites (tertiary alicyclic amines) is 1. The standard InChI is InChI=1S/C23H31FN4O4/c1-32-14-19-6-3-9-27(19)21(29)8-7-18-12-25-23(31)20-11-17(13-28(18)20)26-22(30)15-4-2-5-16(24)10-15/h2,4-5,10,17-20H,3,6-9,11-14H2,1H3,(H,25,31)(H,26,30)/t17-,18+,19+,20-/m0/s1. The second kappa shape index (κ2) is 9.95. The van der Waals surface area contributed by atoms with Crippen molar-refractivity contribution in [2.24, 2.45) is 0 Å². The van der Waals surface area contributed by atoms with Gasteiger partial charge >= 0.3 is 0 Å². The second-order valence-electron chi connectivity index (χ2n) is 8.91. The number of nitrogens with one attached hydrogen (secondary N) is 2. The Morgan fingerprint density at radius 1 is 1.31 bits per heavy atom. The maximum atomic E-state index is 13.4. The highest BCUT2D eigenvalue weighted by molar-refractivity contribution is 5.94. The Morgan fingerprint density at radius 2 is 2.16 bits per heavy atom. The quantitative estimate of drug-likeness (QED) is 0.650. The number of fused-ring (bicyclic) bond motifs is 1. The first-order valence-corrected chi connectivity index (χ1v) is 11.3. The van der Waals surface area contributed by atoms with E-state index < -0.39 is 5.82 Å². The molecule has 0 saturated carbocycles. The van der Waals surface area contributed by atoms with Crippen molar-refractivity contribution in [3.8, 4) is 0 Å². The number of amides is 3. The first-order chi connectivity index (χ1) is 15.5. The number of hydrogen-bond donors (Lipinski definition) is 2. The molecule has 0 aliphatic carbocycles. The Labute approximate surface area is 187 Å². The highest BCUT2D eigenvalue weighted by Crippen LogP contribution is 2.27. The Kier molecular flexibility index (Phi) is 7.05. The third-order valence-corrected chi connectivity index (χ3v) is 6.79. The molecule has 3 amide bonds. The fourth-order valence-corrected chi connectivity index (χ4v) is 5.21. The van der Waals surface area contributed by atoms with E-state index in [1.54, 1.807) is 13.2 Å². The van der Waals surface area contributed by atoms with E-state index in [-0.39, 0.29) is 47.5 Å². The van der Waals surface area contributed by atoms with Crippen molar-refractivity contribution in [3.05, 3.63) is 35.6 Å². The molecule has 0 radical (unpaired) electrons. The van der Waals surface area contributed by atoms with Gasteiger partial charge in [-0.15, -0.1) is 0 Å². The average Bonchev–Trinajstić information content (AvgIpc) is 3.41. The lowest BCUT2D eigenvalue weighted by Gasteiger charge is -2.37. The van der Waals surface area contributed by atoms with Gasteiger partial charge in [-0.2, -0.15) is 0 Å². The minimum absolute atomic E-state index is 0.0428. The van der Waals surface area contributed by atoms with Gasteiger partial charge in [0.2, 0.25) is 11.8 Å². The van der Waals surface area contributed by atoms with Crippen molar-refractivity contribution < 1.29 is 23.5 Å². The molecule has 3 heterocycles. The van der Waals surface area contributed by atoms with Crippen molar-refractivity contribution >= 4 is 17.7 Å². The number of carbonyl (C=O) groups is 3. The lowest BCUT2D eigenvalue weighted by Crippen LogP contribution is -2.58. The summed E-state index contributed by atoms with van der Waals surface area (Å²) < 4.78 is 18.7. The predicted molar refractivity (Wildman–Crippen MR) is 115 cm³/mol. The topological polar surface area (TPSA) is 91.0 Å². The summed E-state index contributed by atoms with van der Waals surface area (Å²) >= 11 is 0. The van der Waals surface area contributed by atoms with Crippen LogP contribution in [0.5, 0.6) is 0 Å². The van der Waals surface area contributed by atoms with Crippen LogP contribution in [0, 0.1) is 5.82 Å². The van der Waals surface area contributed by atoms with Gasteiger partial charge in [-0.05, 0) is 43.9 Å². The predicted octanol–water partition coefficient (Wildman–Crippen LogP) is 0.914. The van der Waals surface area contributed by atoms with Gasteiger partial charge < -0.3 is 20.3 Å². The van der Waals surface area contributed by atoms with Gasteiger partial charge in [-0.3, -0.25) is 19.3 Å². The van der Waals surface area contributed by atoms with E-state index in [1.807, 2.05) is 4.90 Å². The summed E-state index contributed by atoms with van der Waals surface area (Å²) in [6.45, 7) is 2.36. The molecule has 4 rings (SSSR count). The van der Waals surface area contributed by atoms with Crippen LogP contribution in [0.2, 0.25) is 0 Å². The van der Waals surface area contributed by atoms with Crippen LogP contribution in [-0.2, 0) is 14.3 Å². The molecule has 3 aliphatic rings. The summed E-state index contributed by atoms with van der Waals surface area (Å²) in [6.07, 6.45) is 3.54. The van der Waals surface area contributed by atoms with Crippen molar-refractivity contribution in [1.29, 1.82) is 0 Å². The highest BCUT2D eigenvalue weighted by atomic mass is 19.1. The average molecular weight is 447 g/mol. The summed E-state index contributed by atoms with van der Waals surface area (Å²) in [5, 5.41) is 5.88. The number of benzene rings is 1. The molecule has 32 heavy (non-hydrogen) atoms. The van der Waals surface area contributed by atoms with Crippen LogP contribution in [0.3, 0.4) is 0 Å². The van der Waals surface area contributed by atoms with Crippen LogP contribution < -0.4 is 10.6 Å². The molecule has 3 saturated heterocycles. The van der Waals surface area contributed by atoms with Crippen LogP contribution in [-0.4, -0.2) is 85.0 Å². The van der Waals surface area contributed by atoms with Crippen molar-refractivity contribution in [1.82, 2.24) is 20.4 Å². The van der Waals surface area contributed by atoms with Gasteiger partial charge in [0.05, 0.1) is 18.7 Å². The van der Waals surface area contributed by atoms with Crippen LogP contribution in [0.4, 0.5) is 4.39 Å². The van der Waals surface area contributed by atoms with E-state index in [4.69, 9.17) is 4.74 Å². The molecular weight excluding hydrogens is 415 g/mol. The van der Waals surface area contributed by atoms with Gasteiger partial charge in [-0.25, -0.2) is 4.39 Å². The molecule has 4 atom stereocenters. The first-order valence-electron chi connectivity index (χ1n) is 11.3. The van der Waals surface area contributed by atoms with Crippen LogP contribution >= 0.6 is 0 Å². The number of piperazine rings is 1. The Morgan fingerprint density at radius 3 is 2.94 bits per heavy atom. The number of ether oxygens (including phenoxy) is 1. The van der Waals surface area contributed by atoms with E-state index in [0.717, 1.165) is 19.4 Å². The third kappa shape index (κ3) is 4.94. The molecule has 1 aromatic rings. The van der Waals surface area contributed by atoms with Crippen LogP contribution in [0.25, 0.3) is 0 Å². The number of nitrogens with zero attached hydrogens (tertiary/aromatic N) is 2. The van der Waals surface area contributed by atoms with Gasteiger partial charge in [0, 0.05) is 50.8 Å². The number of methoxy groups -OCH3 is 1. The maximum Gasteiger partial charge on any atom is 0.251 e. The number of rotatable bonds is 7. The Balaban J connectivity index is 1.34. The molecule has 2 N–H and O–H groups in total. The maximum absolute atomic E-state index is 13.4. The van der Waals surface area contributed by atoms with E-state index in [0.29, 0.717) is 39.0 Å². The van der Waals surface area contributed by atoms with E-state index in [9.17, 15) is 18.8 Å². The van der Waals surface area contributed by atoms with Crippen molar-refractivity contribution in [2.75, 3.05) is 33.4 Å². The van der Waals surface area contributed by atoms with E-state index >= 15 is 0 Å². The minimum Gasteiger partial charge on any atom is -0.383 e. The number of halogens is 1. The summed E-state index contributed by atoms with van der Waals surface area (Å²) in [6, 6.07) is 5.23. The zero-order valence-corrected chi connectivity index (χ0v) is 18.4. The van der Waals surface area contributed by atoms with E-state index in [1.165, 1.54) is 18.2 Å². The van der Waals surface area contributed by atoms with Gasteiger partial charge in [0.25, 0.3) is 5.91 Å². The Hall–Kier alpha value is -2.52. The second-order valence-corrected chi connectivity index (χ2v) is 8.91. The fraction of sp³-hybridized carbons (Fsp3) is 0.609. The monoisotopic (exact) mass is 446 g/mol. The molecule has 9 heteroatoms. The zero-order chi connectivity index (χ0) is 22.7. The molecule has 0 bridgehead atoms. The first kappa shape index (κ1) is 22.7. The third-order valence-electron chi connectivity index (χ3n) is 6.79. The molecule has 0 spiro atoms. The zero-order valence-electron chi connectivity index (χ0n) is 18.4. The molecule has 0 unspecified atom stereocenters. The summed E-state index contributed by atoms with van der Waals surface area (Å²) in [7, 11) is 1.66. The minimum atomic E-state index is -0.462. The summed E-state index contributed by atoms with van der Waals surface area (Å²) in [4.78, 5) is 41.8. The molecular formula is C23H31FN4O4. The Bertz CT molecular complexity index is 866. The molecule has 8 nitrogen and oxygen atoms in total. The fourth-order valence-electron chi connectivity index (χ4n) is 5.21. The van der Waals surface area contributed by atoms with Gasteiger partial charge in [0.1, 0.15) is 5.82 Å². The van der Waals surface area contributed by atoms with Crippen LogP contribution in [0.1, 0.15) is 42.5 Å². The van der Waals surface area contributed by atoms with Gasteiger partial charge in [0.15, 0.2) is 0 Å². The highest BCUT2D eigenvalue weighted by Gasteiger charge is 2.44. The molecule has 0 aromatic heterocycles. The lowest BCUT2D eigenvalue weighted by molar-refractivity contribution is -0.133. The number of carbonyl (C=O) groups excluding carboxylic acids is 3.